The Morgan fingerprint density at radius 3 is 2.20 bits per heavy atom. The van der Waals surface area contributed by atoms with Crippen molar-refractivity contribution in [2.75, 3.05) is 5.32 Å². The molecule has 0 fully saturated rings. The molecule has 0 spiro atoms. The molecule has 0 bridgehead atoms. The molecule has 1 unspecified atom stereocenters. The van der Waals surface area contributed by atoms with Crippen molar-refractivity contribution in [3.05, 3.63) is 28.8 Å². The molecule has 0 aliphatic heterocycles. The number of urea groups is 1. The molecule has 1 aromatic carbocycles. The van der Waals surface area contributed by atoms with E-state index < -0.39 is 29.0 Å². The van der Waals surface area contributed by atoms with Crippen molar-refractivity contribution in [1.82, 2.24) is 10.6 Å². The van der Waals surface area contributed by atoms with E-state index in [9.17, 15) is 19.5 Å². The lowest BCUT2D eigenvalue weighted by atomic mass is 9.98. The van der Waals surface area contributed by atoms with Gasteiger partial charge in [0.05, 0.1) is 10.6 Å². The molecule has 1 rings (SSSR count). The first kappa shape index (κ1) is 20.8. The molecule has 7 nitrogen and oxygen atoms in total. The third-order valence-corrected chi connectivity index (χ3v) is 3.86. The summed E-state index contributed by atoms with van der Waals surface area (Å²) < 4.78 is 0. The number of carboxylic acid groups (broad SMARTS) is 1. The van der Waals surface area contributed by atoms with Crippen LogP contribution in [0.3, 0.4) is 0 Å². The Balaban J connectivity index is 3.00. The monoisotopic (exact) mass is 369 g/mol. The Kier molecular flexibility index (Phi) is 6.42. The number of aliphatic carboxylic acids is 1. The molecule has 138 valence electrons. The molecule has 1 atom stereocenters. The summed E-state index contributed by atoms with van der Waals surface area (Å²) in [5.74, 6) is -1.77. The van der Waals surface area contributed by atoms with Gasteiger partial charge >= 0.3 is 12.0 Å². The molecule has 4 N–H and O–H groups in total. The summed E-state index contributed by atoms with van der Waals surface area (Å²) >= 11 is 6.05. The molecule has 8 heteroatoms. The van der Waals surface area contributed by atoms with Gasteiger partial charge in [-0.3, -0.25) is 4.79 Å². The lowest BCUT2D eigenvalue weighted by molar-refractivity contribution is -0.143. The molecule has 0 aliphatic rings. The molecule has 0 heterocycles. The number of hydrogen-bond donors (Lipinski definition) is 4. The lowest BCUT2D eigenvalue weighted by Crippen LogP contribution is -2.51. The molecule has 0 saturated heterocycles. The number of rotatable bonds is 5. The minimum Gasteiger partial charge on any atom is -0.480 e. The minimum absolute atomic E-state index is 0.0798. The van der Waals surface area contributed by atoms with E-state index in [4.69, 9.17) is 11.6 Å². The van der Waals surface area contributed by atoms with Gasteiger partial charge in [0.25, 0.3) is 5.91 Å². The maximum absolute atomic E-state index is 12.4. The first-order valence-corrected chi connectivity index (χ1v) is 8.20. The van der Waals surface area contributed by atoms with Crippen LogP contribution in [0.5, 0.6) is 0 Å². The van der Waals surface area contributed by atoms with E-state index in [2.05, 4.69) is 16.0 Å². The fourth-order valence-electron chi connectivity index (χ4n) is 1.89. The van der Waals surface area contributed by atoms with Gasteiger partial charge in [0.15, 0.2) is 0 Å². The topological polar surface area (TPSA) is 108 Å². The fraction of sp³-hybridized carbons (Fsp3) is 0.471. The second-order valence-electron chi connectivity index (χ2n) is 6.97. The van der Waals surface area contributed by atoms with Crippen LogP contribution in [0.4, 0.5) is 10.5 Å². The van der Waals surface area contributed by atoms with Crippen molar-refractivity contribution in [3.63, 3.8) is 0 Å². The van der Waals surface area contributed by atoms with Crippen LogP contribution < -0.4 is 16.0 Å². The molecule has 0 aliphatic carbocycles. The Labute approximate surface area is 152 Å². The highest BCUT2D eigenvalue weighted by molar-refractivity contribution is 6.34. The summed E-state index contributed by atoms with van der Waals surface area (Å²) in [6.45, 7) is 8.59. The first-order valence-electron chi connectivity index (χ1n) is 7.82. The molecule has 0 radical (unpaired) electrons. The van der Waals surface area contributed by atoms with E-state index >= 15 is 0 Å². The minimum atomic E-state index is -1.41. The van der Waals surface area contributed by atoms with Crippen LogP contribution in [-0.4, -0.2) is 34.1 Å². The van der Waals surface area contributed by atoms with Crippen LogP contribution in [0.15, 0.2) is 18.2 Å². The summed E-state index contributed by atoms with van der Waals surface area (Å²) in [6.07, 6.45) is 0.206. The van der Waals surface area contributed by atoms with Gasteiger partial charge in [-0.25, -0.2) is 9.59 Å². The van der Waals surface area contributed by atoms with Crippen molar-refractivity contribution in [3.8, 4) is 0 Å². The van der Waals surface area contributed by atoms with E-state index in [1.165, 1.54) is 19.1 Å². The number of carboxylic acids is 1. The number of benzene rings is 1. The Bertz CT molecular complexity index is 685. The zero-order valence-electron chi connectivity index (χ0n) is 15.0. The van der Waals surface area contributed by atoms with Gasteiger partial charge in [-0.15, -0.1) is 0 Å². The maximum atomic E-state index is 12.4. The average molecular weight is 370 g/mol. The summed E-state index contributed by atoms with van der Waals surface area (Å²) in [6, 6.07) is 3.99. The number of hydrogen-bond acceptors (Lipinski definition) is 3. The second kappa shape index (κ2) is 7.74. The molecule has 1 aromatic rings. The van der Waals surface area contributed by atoms with Gasteiger partial charge in [0, 0.05) is 11.2 Å². The first-order chi connectivity index (χ1) is 11.4. The summed E-state index contributed by atoms with van der Waals surface area (Å²) in [7, 11) is 0. The number of anilines is 1. The van der Waals surface area contributed by atoms with Gasteiger partial charge in [-0.1, -0.05) is 18.5 Å². The Hall–Kier alpha value is -2.28. The molecule has 0 saturated carbocycles. The molecule has 25 heavy (non-hydrogen) atoms. The number of carbonyl (C=O) groups is 3. The standard InChI is InChI=1S/C17H24ClN3O4/c1-6-17(5,14(23)24)20-13(22)11-9-10(7-8-12(11)18)19-15(25)21-16(2,3)4/h7-9H,6H2,1-5H3,(H,20,22)(H,23,24)(H2,19,21,25). The predicted octanol–water partition coefficient (Wildman–Crippen LogP) is 3.24. The largest absolute Gasteiger partial charge is 0.480 e. The van der Waals surface area contributed by atoms with E-state index in [0.29, 0.717) is 5.69 Å². The van der Waals surface area contributed by atoms with Crippen molar-refractivity contribution >= 4 is 35.2 Å². The summed E-state index contributed by atoms with van der Waals surface area (Å²) in [5, 5.41) is 17.2. The van der Waals surface area contributed by atoms with E-state index in [0.717, 1.165) is 0 Å². The van der Waals surface area contributed by atoms with E-state index in [1.807, 2.05) is 20.8 Å². The van der Waals surface area contributed by atoms with Crippen molar-refractivity contribution in [2.24, 2.45) is 0 Å². The van der Waals surface area contributed by atoms with Gasteiger partial charge in [-0.2, -0.15) is 0 Å². The molecular weight excluding hydrogens is 346 g/mol. The summed E-state index contributed by atoms with van der Waals surface area (Å²) in [4.78, 5) is 35.7. The van der Waals surface area contributed by atoms with Gasteiger partial charge in [-0.05, 0) is 52.3 Å². The fourth-order valence-corrected chi connectivity index (χ4v) is 2.09. The van der Waals surface area contributed by atoms with Crippen LogP contribution in [0.25, 0.3) is 0 Å². The zero-order valence-corrected chi connectivity index (χ0v) is 15.7. The highest BCUT2D eigenvalue weighted by Crippen LogP contribution is 2.22. The second-order valence-corrected chi connectivity index (χ2v) is 7.38. The SMILES string of the molecule is CCC(C)(NC(=O)c1cc(NC(=O)NC(C)(C)C)ccc1Cl)C(=O)O. The van der Waals surface area contributed by atoms with E-state index in [1.54, 1.807) is 13.0 Å². The van der Waals surface area contributed by atoms with Crippen LogP contribution in [0, 0.1) is 0 Å². The summed E-state index contributed by atoms with van der Waals surface area (Å²) in [5.41, 5.74) is -1.38. The van der Waals surface area contributed by atoms with Crippen LogP contribution in [0.2, 0.25) is 5.02 Å². The number of halogens is 1. The van der Waals surface area contributed by atoms with Crippen molar-refractivity contribution in [1.29, 1.82) is 0 Å². The van der Waals surface area contributed by atoms with Crippen LogP contribution >= 0.6 is 11.6 Å². The highest BCUT2D eigenvalue weighted by atomic mass is 35.5. The lowest BCUT2D eigenvalue weighted by Gasteiger charge is -2.25. The van der Waals surface area contributed by atoms with Gasteiger partial charge in [0.2, 0.25) is 0 Å². The smallest absolute Gasteiger partial charge is 0.329 e. The quantitative estimate of drug-likeness (QED) is 0.639. The zero-order chi connectivity index (χ0) is 19.4. The Morgan fingerprint density at radius 2 is 1.72 bits per heavy atom. The predicted molar refractivity (Wildman–Crippen MR) is 97.2 cm³/mol. The number of nitrogens with one attached hydrogen (secondary N) is 3. The molecule has 0 aromatic heterocycles. The van der Waals surface area contributed by atoms with Gasteiger partial charge < -0.3 is 21.1 Å². The number of amides is 3. The maximum Gasteiger partial charge on any atom is 0.329 e. The van der Waals surface area contributed by atoms with Crippen molar-refractivity contribution < 1.29 is 19.5 Å². The molecule has 3 amide bonds. The third kappa shape index (κ3) is 5.94. The highest BCUT2D eigenvalue weighted by Gasteiger charge is 2.33. The van der Waals surface area contributed by atoms with Crippen LogP contribution in [-0.2, 0) is 4.79 Å². The molecular formula is C17H24ClN3O4. The van der Waals surface area contributed by atoms with E-state index in [-0.39, 0.29) is 17.0 Å². The van der Waals surface area contributed by atoms with Gasteiger partial charge in [0.1, 0.15) is 5.54 Å². The van der Waals surface area contributed by atoms with Crippen LogP contribution in [0.1, 0.15) is 51.4 Å². The average Bonchev–Trinajstić information content (AvgIpc) is 2.46. The third-order valence-electron chi connectivity index (χ3n) is 3.53. The number of carbonyl (C=O) groups excluding carboxylic acids is 2. The Morgan fingerprint density at radius 1 is 1.12 bits per heavy atom. The normalized spacial score (nSPS) is 13.5. The van der Waals surface area contributed by atoms with Crippen molar-refractivity contribution in [2.45, 2.75) is 52.1 Å².